The molecule has 0 bridgehead atoms. The predicted molar refractivity (Wildman–Crippen MR) is 150 cm³/mol. The molecule has 1 amide bonds. The Balaban J connectivity index is 1.42. The van der Waals surface area contributed by atoms with Crippen molar-refractivity contribution in [2.75, 3.05) is 6.54 Å². The number of carbonyl (C=O) groups excluding carboxylic acids is 1. The second kappa shape index (κ2) is 11.4. The van der Waals surface area contributed by atoms with Gasteiger partial charge < -0.3 is 9.88 Å². The van der Waals surface area contributed by atoms with E-state index in [-0.39, 0.29) is 5.91 Å². The highest BCUT2D eigenvalue weighted by Gasteiger charge is 2.21. The highest BCUT2D eigenvalue weighted by atomic mass is 32.1. The van der Waals surface area contributed by atoms with Crippen LogP contribution >= 0.6 is 22.7 Å². The van der Waals surface area contributed by atoms with Crippen LogP contribution in [0.25, 0.3) is 22.0 Å². The summed E-state index contributed by atoms with van der Waals surface area (Å²) in [6.45, 7) is 5.55. The molecular formula is C29H32N4OS2. The van der Waals surface area contributed by atoms with Gasteiger partial charge in [0.2, 0.25) is 0 Å². The highest BCUT2D eigenvalue weighted by molar-refractivity contribution is 7.13. The quantitative estimate of drug-likeness (QED) is 0.238. The minimum Gasteiger partial charge on any atom is -0.352 e. The lowest BCUT2D eigenvalue weighted by Gasteiger charge is -2.13. The second-order valence-corrected chi connectivity index (χ2v) is 11.1. The number of nitrogens with one attached hydrogen (secondary N) is 1. The van der Waals surface area contributed by atoms with Crippen molar-refractivity contribution in [2.45, 2.75) is 58.9 Å². The van der Waals surface area contributed by atoms with Crippen molar-refractivity contribution in [2.24, 2.45) is 0 Å². The molecule has 5 rings (SSSR count). The van der Waals surface area contributed by atoms with Gasteiger partial charge in [-0.15, -0.1) is 22.7 Å². The number of aryl methyl sites for hydroxylation is 1. The fraction of sp³-hybridized carbons (Fsp3) is 0.345. The van der Waals surface area contributed by atoms with Crippen LogP contribution in [0.1, 0.15) is 65.7 Å². The van der Waals surface area contributed by atoms with Crippen molar-refractivity contribution in [3.8, 4) is 22.0 Å². The zero-order valence-corrected chi connectivity index (χ0v) is 22.6. The van der Waals surface area contributed by atoms with Crippen LogP contribution in [0.3, 0.4) is 0 Å². The first-order valence-corrected chi connectivity index (χ1v) is 14.5. The number of aromatic nitrogens is 3. The molecule has 0 saturated carbocycles. The number of hydrogen-bond donors (Lipinski definition) is 1. The van der Waals surface area contributed by atoms with Gasteiger partial charge in [-0.2, -0.15) is 0 Å². The van der Waals surface area contributed by atoms with E-state index in [0.29, 0.717) is 6.54 Å². The molecule has 36 heavy (non-hydrogen) atoms. The molecule has 0 saturated heterocycles. The molecule has 0 spiro atoms. The van der Waals surface area contributed by atoms with Crippen molar-refractivity contribution in [3.05, 3.63) is 80.8 Å². The van der Waals surface area contributed by atoms with Gasteiger partial charge in [0.1, 0.15) is 5.01 Å². The fourth-order valence-electron chi connectivity index (χ4n) is 4.74. The first-order valence-electron chi connectivity index (χ1n) is 12.7. The van der Waals surface area contributed by atoms with Gasteiger partial charge in [-0.3, -0.25) is 9.78 Å². The van der Waals surface area contributed by atoms with E-state index in [4.69, 9.17) is 4.98 Å². The van der Waals surface area contributed by atoms with Crippen molar-refractivity contribution >= 4 is 28.6 Å². The number of amides is 1. The zero-order chi connectivity index (χ0) is 24.9. The smallest absolute Gasteiger partial charge is 0.253 e. The van der Waals surface area contributed by atoms with E-state index in [1.807, 2.05) is 25.3 Å². The van der Waals surface area contributed by atoms with E-state index in [0.717, 1.165) is 58.3 Å². The molecule has 0 aliphatic heterocycles. The summed E-state index contributed by atoms with van der Waals surface area (Å²) in [6, 6.07) is 10.3. The highest BCUT2D eigenvalue weighted by Crippen LogP contribution is 2.32. The molecule has 0 atom stereocenters. The third-order valence-electron chi connectivity index (χ3n) is 6.81. The maximum Gasteiger partial charge on any atom is 0.253 e. The number of rotatable bonds is 9. The Labute approximate surface area is 221 Å². The van der Waals surface area contributed by atoms with E-state index >= 15 is 0 Å². The Morgan fingerprint density at radius 1 is 1.19 bits per heavy atom. The topological polar surface area (TPSA) is 59.8 Å². The van der Waals surface area contributed by atoms with Crippen LogP contribution in [0.5, 0.6) is 0 Å². The van der Waals surface area contributed by atoms with Gasteiger partial charge in [0.05, 0.1) is 23.5 Å². The molecule has 4 aromatic rings. The molecule has 1 aliphatic carbocycles. The molecular weight excluding hydrogens is 484 g/mol. The summed E-state index contributed by atoms with van der Waals surface area (Å²) in [5.74, 6) is -0.00716. The summed E-state index contributed by atoms with van der Waals surface area (Å²) in [6.07, 6.45) is 10.9. The molecule has 0 radical (unpaired) electrons. The minimum atomic E-state index is -0.00716. The second-order valence-electron chi connectivity index (χ2n) is 9.24. The molecule has 0 unspecified atom stereocenters. The molecule has 4 heterocycles. The largest absolute Gasteiger partial charge is 0.352 e. The van der Waals surface area contributed by atoms with Crippen LogP contribution in [0, 0.1) is 6.92 Å². The number of allylic oxidation sites excluding steroid dienone is 1. The van der Waals surface area contributed by atoms with E-state index < -0.39 is 0 Å². The van der Waals surface area contributed by atoms with Crippen molar-refractivity contribution < 1.29 is 4.79 Å². The Morgan fingerprint density at radius 3 is 2.89 bits per heavy atom. The van der Waals surface area contributed by atoms with Crippen LogP contribution in [0.15, 0.2) is 58.9 Å². The van der Waals surface area contributed by atoms with E-state index in [9.17, 15) is 4.79 Å². The Morgan fingerprint density at radius 2 is 2.11 bits per heavy atom. The Kier molecular flexibility index (Phi) is 7.78. The molecule has 7 heteroatoms. The number of thiophene rings is 1. The van der Waals surface area contributed by atoms with Gasteiger partial charge in [-0.1, -0.05) is 24.6 Å². The first-order chi connectivity index (χ1) is 17.6. The Bertz CT molecular complexity index is 1360. The third-order valence-corrected chi connectivity index (χ3v) is 8.57. The molecule has 4 aromatic heterocycles. The maximum atomic E-state index is 13.2. The van der Waals surface area contributed by atoms with Gasteiger partial charge in [-0.25, -0.2) is 4.98 Å². The van der Waals surface area contributed by atoms with E-state index in [1.165, 1.54) is 36.1 Å². The summed E-state index contributed by atoms with van der Waals surface area (Å²) in [7, 11) is 0. The van der Waals surface area contributed by atoms with E-state index in [2.05, 4.69) is 56.8 Å². The summed E-state index contributed by atoms with van der Waals surface area (Å²) in [5.41, 5.74) is 7.20. The SMILES string of the molecule is CCc1cc(-c2nc(-c3cc(C(=O)NCCC4=CCCCC4)c(C)n3Cc3cccs3)cs2)ccn1. The normalized spacial score (nSPS) is 13.6. The third kappa shape index (κ3) is 5.52. The van der Waals surface area contributed by atoms with Crippen LogP contribution in [0.4, 0.5) is 0 Å². The molecule has 5 nitrogen and oxygen atoms in total. The lowest BCUT2D eigenvalue weighted by molar-refractivity contribution is 0.0953. The van der Waals surface area contributed by atoms with Crippen LogP contribution < -0.4 is 5.32 Å². The number of nitrogens with zero attached hydrogens (tertiary/aromatic N) is 3. The first kappa shape index (κ1) is 24.7. The van der Waals surface area contributed by atoms with Gasteiger partial charge in [0, 0.05) is 40.0 Å². The lowest BCUT2D eigenvalue weighted by Crippen LogP contribution is -2.25. The zero-order valence-electron chi connectivity index (χ0n) is 20.9. The maximum absolute atomic E-state index is 13.2. The number of carbonyl (C=O) groups is 1. The van der Waals surface area contributed by atoms with Crippen molar-refractivity contribution in [1.29, 1.82) is 0 Å². The van der Waals surface area contributed by atoms with Gasteiger partial charge in [-0.05, 0) is 75.1 Å². The van der Waals surface area contributed by atoms with Gasteiger partial charge in [0.15, 0.2) is 0 Å². The summed E-state index contributed by atoms with van der Waals surface area (Å²) >= 11 is 3.36. The minimum absolute atomic E-state index is 0.00716. The number of thiazole rings is 1. The number of hydrogen-bond acceptors (Lipinski definition) is 5. The average molecular weight is 517 g/mol. The van der Waals surface area contributed by atoms with Crippen molar-refractivity contribution in [3.63, 3.8) is 0 Å². The van der Waals surface area contributed by atoms with E-state index in [1.54, 1.807) is 22.7 Å². The summed E-state index contributed by atoms with van der Waals surface area (Å²) in [5, 5.41) is 8.32. The molecule has 1 N–H and O–H groups in total. The fourth-order valence-corrected chi connectivity index (χ4v) is 6.24. The van der Waals surface area contributed by atoms with Gasteiger partial charge >= 0.3 is 0 Å². The standard InChI is InChI=1S/C29H32N4OS2/c1-3-23-16-22(12-14-30-23)29-32-26(19-36-29)27-17-25(20(2)33(27)18-24-10-7-15-35-24)28(34)31-13-11-21-8-5-4-6-9-21/h7-8,10,12,14-17,19H,3-6,9,11,13,18H2,1-2H3,(H,31,34). The van der Waals surface area contributed by atoms with Crippen LogP contribution in [0.2, 0.25) is 0 Å². The molecule has 186 valence electrons. The summed E-state index contributed by atoms with van der Waals surface area (Å²) < 4.78 is 2.23. The average Bonchev–Trinajstić information content (AvgIpc) is 3.67. The van der Waals surface area contributed by atoms with Crippen LogP contribution in [-0.2, 0) is 13.0 Å². The van der Waals surface area contributed by atoms with Crippen molar-refractivity contribution in [1.82, 2.24) is 19.9 Å². The lowest BCUT2D eigenvalue weighted by atomic mass is 9.97. The van der Waals surface area contributed by atoms with Gasteiger partial charge in [0.25, 0.3) is 5.91 Å². The Hall–Kier alpha value is -3.03. The van der Waals surface area contributed by atoms with Crippen LogP contribution in [-0.4, -0.2) is 27.0 Å². The molecule has 0 fully saturated rings. The molecule has 0 aromatic carbocycles. The number of pyridine rings is 1. The molecule has 1 aliphatic rings. The summed E-state index contributed by atoms with van der Waals surface area (Å²) in [4.78, 5) is 23.9. The predicted octanol–water partition coefficient (Wildman–Crippen LogP) is 7.27. The monoisotopic (exact) mass is 516 g/mol.